The Bertz CT molecular complexity index is 369. The van der Waals surface area contributed by atoms with Crippen LogP contribution in [-0.2, 0) is 11.2 Å². The molecule has 0 unspecified atom stereocenters. The second-order valence-corrected chi connectivity index (χ2v) is 5.05. The van der Waals surface area contributed by atoms with E-state index in [1.807, 2.05) is 4.90 Å². The van der Waals surface area contributed by atoms with E-state index < -0.39 is 0 Å². The summed E-state index contributed by atoms with van der Waals surface area (Å²) in [6, 6.07) is 10.6. The van der Waals surface area contributed by atoms with Gasteiger partial charge in [-0.3, -0.25) is 4.79 Å². The summed E-state index contributed by atoms with van der Waals surface area (Å²) in [5.41, 5.74) is 6.80. The highest BCUT2D eigenvalue weighted by atomic mass is 16.2. The second-order valence-electron chi connectivity index (χ2n) is 5.05. The highest BCUT2D eigenvalue weighted by Crippen LogP contribution is 2.22. The molecule has 3 nitrogen and oxygen atoms in total. The van der Waals surface area contributed by atoms with Crippen molar-refractivity contribution in [2.75, 3.05) is 19.6 Å². The average molecular weight is 246 g/mol. The molecular weight excluding hydrogens is 224 g/mol. The Morgan fingerprint density at radius 2 is 1.89 bits per heavy atom. The van der Waals surface area contributed by atoms with Gasteiger partial charge in [0.05, 0.1) is 6.54 Å². The van der Waals surface area contributed by atoms with Gasteiger partial charge in [0, 0.05) is 13.1 Å². The van der Waals surface area contributed by atoms with E-state index in [0.29, 0.717) is 0 Å². The zero-order valence-electron chi connectivity index (χ0n) is 10.8. The Labute approximate surface area is 109 Å². The van der Waals surface area contributed by atoms with E-state index in [1.165, 1.54) is 12.0 Å². The molecule has 1 aliphatic heterocycles. The zero-order valence-corrected chi connectivity index (χ0v) is 10.8. The van der Waals surface area contributed by atoms with Crippen LogP contribution in [0.25, 0.3) is 0 Å². The Hall–Kier alpha value is -1.35. The molecule has 2 N–H and O–H groups in total. The molecule has 1 amide bonds. The highest BCUT2D eigenvalue weighted by molar-refractivity contribution is 5.78. The van der Waals surface area contributed by atoms with Gasteiger partial charge in [-0.25, -0.2) is 0 Å². The van der Waals surface area contributed by atoms with Crippen molar-refractivity contribution in [3.05, 3.63) is 35.9 Å². The standard InChI is InChI=1S/C15H22N2O/c16-12-15(18)17-10-8-14(9-11-17)7-6-13-4-2-1-3-5-13/h1-5,14H,6-12,16H2. The van der Waals surface area contributed by atoms with Crippen LogP contribution in [0.1, 0.15) is 24.8 Å². The number of carbonyl (C=O) groups excluding carboxylic acids is 1. The Morgan fingerprint density at radius 3 is 2.50 bits per heavy atom. The van der Waals surface area contributed by atoms with Gasteiger partial charge >= 0.3 is 0 Å². The van der Waals surface area contributed by atoms with E-state index in [2.05, 4.69) is 30.3 Å². The minimum atomic E-state index is 0.0940. The molecule has 1 aliphatic rings. The third-order valence-electron chi connectivity index (χ3n) is 3.83. The Morgan fingerprint density at radius 1 is 1.22 bits per heavy atom. The first-order valence-electron chi connectivity index (χ1n) is 6.81. The van der Waals surface area contributed by atoms with Crippen LogP contribution < -0.4 is 5.73 Å². The van der Waals surface area contributed by atoms with Crippen LogP contribution in [0.2, 0.25) is 0 Å². The average Bonchev–Trinajstić information content (AvgIpc) is 2.46. The molecule has 1 saturated heterocycles. The fourth-order valence-corrected chi connectivity index (χ4v) is 2.62. The number of likely N-dealkylation sites (tertiary alicyclic amines) is 1. The largest absolute Gasteiger partial charge is 0.342 e. The van der Waals surface area contributed by atoms with Gasteiger partial charge in [-0.1, -0.05) is 30.3 Å². The molecular formula is C15H22N2O. The first-order valence-corrected chi connectivity index (χ1v) is 6.81. The monoisotopic (exact) mass is 246 g/mol. The summed E-state index contributed by atoms with van der Waals surface area (Å²) in [6.45, 7) is 1.92. The van der Waals surface area contributed by atoms with Crippen LogP contribution in [0.4, 0.5) is 0 Å². The lowest BCUT2D eigenvalue weighted by Crippen LogP contribution is -2.41. The SMILES string of the molecule is NCC(=O)N1CCC(CCc2ccccc2)CC1. The lowest BCUT2D eigenvalue weighted by Gasteiger charge is -2.31. The van der Waals surface area contributed by atoms with Crippen molar-refractivity contribution in [2.45, 2.75) is 25.7 Å². The third-order valence-corrected chi connectivity index (χ3v) is 3.83. The third kappa shape index (κ3) is 3.57. The number of aryl methyl sites for hydroxylation is 1. The number of nitrogens with zero attached hydrogens (tertiary/aromatic N) is 1. The number of hydrogen-bond acceptors (Lipinski definition) is 2. The molecule has 0 spiro atoms. The fourth-order valence-electron chi connectivity index (χ4n) is 2.62. The molecule has 2 rings (SSSR count). The molecule has 0 saturated carbocycles. The van der Waals surface area contributed by atoms with Crippen molar-refractivity contribution in [3.63, 3.8) is 0 Å². The van der Waals surface area contributed by atoms with E-state index >= 15 is 0 Å². The van der Waals surface area contributed by atoms with Gasteiger partial charge in [-0.2, -0.15) is 0 Å². The van der Waals surface area contributed by atoms with Gasteiger partial charge < -0.3 is 10.6 Å². The number of benzene rings is 1. The molecule has 0 aliphatic carbocycles. The maximum atomic E-state index is 11.5. The zero-order chi connectivity index (χ0) is 12.8. The molecule has 0 aromatic heterocycles. The smallest absolute Gasteiger partial charge is 0.236 e. The molecule has 1 fully saturated rings. The topological polar surface area (TPSA) is 46.3 Å². The molecule has 0 atom stereocenters. The molecule has 1 aromatic carbocycles. The number of nitrogens with two attached hydrogens (primary N) is 1. The summed E-state index contributed by atoms with van der Waals surface area (Å²) in [4.78, 5) is 13.4. The molecule has 0 bridgehead atoms. The maximum Gasteiger partial charge on any atom is 0.236 e. The molecule has 98 valence electrons. The fraction of sp³-hybridized carbons (Fsp3) is 0.533. The number of piperidine rings is 1. The number of rotatable bonds is 4. The van der Waals surface area contributed by atoms with Crippen LogP contribution in [0, 0.1) is 5.92 Å². The van der Waals surface area contributed by atoms with Crippen molar-refractivity contribution in [1.82, 2.24) is 4.90 Å². The first kappa shape index (κ1) is 13.1. The van der Waals surface area contributed by atoms with Crippen LogP contribution in [-0.4, -0.2) is 30.4 Å². The van der Waals surface area contributed by atoms with Gasteiger partial charge in [-0.05, 0) is 37.2 Å². The number of carbonyl (C=O) groups is 1. The molecule has 0 radical (unpaired) electrons. The van der Waals surface area contributed by atoms with Gasteiger partial charge in [0.1, 0.15) is 0 Å². The highest BCUT2D eigenvalue weighted by Gasteiger charge is 2.21. The molecule has 18 heavy (non-hydrogen) atoms. The summed E-state index contributed by atoms with van der Waals surface area (Å²) in [6.07, 6.45) is 4.63. The summed E-state index contributed by atoms with van der Waals surface area (Å²) >= 11 is 0. The van der Waals surface area contributed by atoms with Crippen molar-refractivity contribution < 1.29 is 4.79 Å². The Kier molecular flexibility index (Phi) is 4.76. The predicted octanol–water partition coefficient (Wildman–Crippen LogP) is 1.82. The van der Waals surface area contributed by atoms with Gasteiger partial charge in [0.15, 0.2) is 0 Å². The lowest BCUT2D eigenvalue weighted by molar-refractivity contribution is -0.131. The van der Waals surface area contributed by atoms with Crippen LogP contribution in [0.15, 0.2) is 30.3 Å². The van der Waals surface area contributed by atoms with E-state index in [1.54, 1.807) is 0 Å². The molecule has 3 heteroatoms. The lowest BCUT2D eigenvalue weighted by atomic mass is 9.90. The normalized spacial score (nSPS) is 16.8. The van der Waals surface area contributed by atoms with Crippen molar-refractivity contribution in [2.24, 2.45) is 11.7 Å². The Balaban J connectivity index is 1.72. The second kappa shape index (κ2) is 6.55. The number of amides is 1. The van der Waals surface area contributed by atoms with Gasteiger partial charge in [0.2, 0.25) is 5.91 Å². The van der Waals surface area contributed by atoms with E-state index in [9.17, 15) is 4.79 Å². The maximum absolute atomic E-state index is 11.5. The number of hydrogen-bond donors (Lipinski definition) is 1. The summed E-state index contributed by atoms with van der Waals surface area (Å²) in [5, 5.41) is 0. The van der Waals surface area contributed by atoms with Crippen LogP contribution in [0.5, 0.6) is 0 Å². The molecule has 1 aromatic rings. The quantitative estimate of drug-likeness (QED) is 0.881. The summed E-state index contributed by atoms with van der Waals surface area (Å²) in [5.74, 6) is 0.850. The van der Waals surface area contributed by atoms with Crippen molar-refractivity contribution in [1.29, 1.82) is 0 Å². The van der Waals surface area contributed by atoms with Crippen LogP contribution >= 0.6 is 0 Å². The van der Waals surface area contributed by atoms with Gasteiger partial charge in [-0.15, -0.1) is 0 Å². The summed E-state index contributed by atoms with van der Waals surface area (Å²) in [7, 11) is 0. The van der Waals surface area contributed by atoms with E-state index in [4.69, 9.17) is 5.73 Å². The van der Waals surface area contributed by atoms with E-state index in [-0.39, 0.29) is 12.5 Å². The minimum absolute atomic E-state index is 0.0940. The predicted molar refractivity (Wildman–Crippen MR) is 73.1 cm³/mol. The van der Waals surface area contributed by atoms with Crippen molar-refractivity contribution in [3.8, 4) is 0 Å². The molecule has 1 heterocycles. The van der Waals surface area contributed by atoms with Gasteiger partial charge in [0.25, 0.3) is 0 Å². The summed E-state index contributed by atoms with van der Waals surface area (Å²) < 4.78 is 0. The minimum Gasteiger partial charge on any atom is -0.342 e. The van der Waals surface area contributed by atoms with Crippen molar-refractivity contribution >= 4 is 5.91 Å². The van der Waals surface area contributed by atoms with E-state index in [0.717, 1.165) is 38.3 Å². The van der Waals surface area contributed by atoms with Crippen LogP contribution in [0.3, 0.4) is 0 Å². The first-order chi connectivity index (χ1) is 8.79.